The van der Waals surface area contributed by atoms with Gasteiger partial charge >= 0.3 is 0 Å². The molecule has 0 atom stereocenters. The van der Waals surface area contributed by atoms with Crippen molar-refractivity contribution in [3.8, 4) is 28.7 Å². The van der Waals surface area contributed by atoms with Crippen LogP contribution in [0.25, 0.3) is 0 Å². The number of hydrogen-bond acceptors (Lipinski definition) is 5. The Bertz CT molecular complexity index is 1190. The molecule has 0 aliphatic rings. The van der Waals surface area contributed by atoms with E-state index in [2.05, 4.69) is 0 Å². The fourth-order valence-corrected chi connectivity index (χ4v) is 3.73. The van der Waals surface area contributed by atoms with Crippen LogP contribution in [-0.4, -0.2) is 15.3 Å². The number of aryl methyl sites for hydroxylation is 3. The van der Waals surface area contributed by atoms with Gasteiger partial charge in [0.1, 0.15) is 23.0 Å². The zero-order valence-electron chi connectivity index (χ0n) is 18.2. The highest BCUT2D eigenvalue weighted by Gasteiger charge is 2.25. The van der Waals surface area contributed by atoms with Crippen LogP contribution in [0.3, 0.4) is 0 Å². The zero-order chi connectivity index (χ0) is 22.8. The van der Waals surface area contributed by atoms with Crippen molar-refractivity contribution in [1.82, 2.24) is 0 Å². The summed E-state index contributed by atoms with van der Waals surface area (Å²) >= 11 is 0. The lowest BCUT2D eigenvalue weighted by Crippen LogP contribution is -2.14. The first kappa shape index (κ1) is 21.1. The second-order valence-corrected chi connectivity index (χ2v) is 7.74. The molecule has 0 spiro atoms. The van der Waals surface area contributed by atoms with E-state index in [1.165, 1.54) is 0 Å². The fourth-order valence-electron chi connectivity index (χ4n) is 3.73. The Morgan fingerprint density at radius 3 is 1.75 bits per heavy atom. The van der Waals surface area contributed by atoms with Crippen LogP contribution in [0.4, 0.5) is 17.1 Å². The molecule has 0 saturated carbocycles. The molecule has 5 heteroatoms. The molecule has 0 unspecified atom stereocenters. The van der Waals surface area contributed by atoms with E-state index < -0.39 is 0 Å². The first-order chi connectivity index (χ1) is 15.4. The Labute approximate surface area is 187 Å². The number of aromatic hydroxyl groups is 3. The normalized spacial score (nSPS) is 10.7. The molecule has 0 aliphatic carbocycles. The van der Waals surface area contributed by atoms with E-state index in [4.69, 9.17) is 4.74 Å². The summed E-state index contributed by atoms with van der Waals surface area (Å²) in [5.74, 6) is 1.28. The Morgan fingerprint density at radius 1 is 0.594 bits per heavy atom. The van der Waals surface area contributed by atoms with Gasteiger partial charge in [-0.2, -0.15) is 0 Å². The molecule has 32 heavy (non-hydrogen) atoms. The molecule has 4 rings (SSSR count). The van der Waals surface area contributed by atoms with Crippen LogP contribution in [-0.2, 0) is 0 Å². The molecule has 0 aliphatic heterocycles. The van der Waals surface area contributed by atoms with E-state index >= 15 is 0 Å². The van der Waals surface area contributed by atoms with Gasteiger partial charge in [0.15, 0.2) is 5.75 Å². The van der Waals surface area contributed by atoms with Crippen molar-refractivity contribution >= 4 is 17.1 Å². The summed E-state index contributed by atoms with van der Waals surface area (Å²) in [7, 11) is 0. The van der Waals surface area contributed by atoms with Gasteiger partial charge in [-0.25, -0.2) is 0 Å². The maximum Gasteiger partial charge on any atom is 0.151 e. The topological polar surface area (TPSA) is 73.2 Å². The quantitative estimate of drug-likeness (QED) is 0.320. The Balaban J connectivity index is 1.94. The van der Waals surface area contributed by atoms with Gasteiger partial charge < -0.3 is 20.1 Å². The third kappa shape index (κ3) is 3.93. The molecule has 0 aromatic heterocycles. The van der Waals surface area contributed by atoms with Crippen LogP contribution in [0.15, 0.2) is 78.9 Å². The standard InChI is InChI=1S/C27H25NO4/c1-17-14-15-20(16-24(17)31)32-25-13-5-4-10-21(25)28(26-18(2)8-6-11-22(26)29)27-19(3)9-7-12-23(27)30/h4-16,29-31H,1-3H3. The molecule has 0 heterocycles. The molecule has 0 amide bonds. The number of nitrogens with zero attached hydrogens (tertiary/aromatic N) is 1. The Hall–Kier alpha value is -4.12. The lowest BCUT2D eigenvalue weighted by molar-refractivity contribution is 0.452. The molecular weight excluding hydrogens is 402 g/mol. The van der Waals surface area contributed by atoms with Gasteiger partial charge in [0.25, 0.3) is 0 Å². The van der Waals surface area contributed by atoms with Crippen LogP contribution in [0.2, 0.25) is 0 Å². The molecule has 162 valence electrons. The summed E-state index contributed by atoms with van der Waals surface area (Å²) in [5, 5.41) is 31.7. The minimum Gasteiger partial charge on any atom is -0.508 e. The first-order valence-corrected chi connectivity index (χ1v) is 10.3. The second-order valence-electron chi connectivity index (χ2n) is 7.74. The van der Waals surface area contributed by atoms with Crippen LogP contribution >= 0.6 is 0 Å². The maximum absolute atomic E-state index is 10.8. The lowest BCUT2D eigenvalue weighted by atomic mass is 10.1. The largest absolute Gasteiger partial charge is 0.508 e. The van der Waals surface area contributed by atoms with Gasteiger partial charge in [0.05, 0.1) is 17.1 Å². The summed E-state index contributed by atoms with van der Waals surface area (Å²) in [6.45, 7) is 5.62. The average molecular weight is 428 g/mol. The molecule has 4 aromatic rings. The predicted molar refractivity (Wildman–Crippen MR) is 127 cm³/mol. The highest BCUT2D eigenvalue weighted by Crippen LogP contribution is 2.49. The number of anilines is 3. The van der Waals surface area contributed by atoms with Crippen molar-refractivity contribution in [3.05, 3.63) is 95.6 Å². The molecule has 0 saturated heterocycles. The highest BCUT2D eigenvalue weighted by molar-refractivity contribution is 5.88. The molecule has 4 aromatic carbocycles. The number of rotatable bonds is 5. The highest BCUT2D eigenvalue weighted by atomic mass is 16.5. The minimum absolute atomic E-state index is 0.0791. The van der Waals surface area contributed by atoms with E-state index in [-0.39, 0.29) is 17.2 Å². The number of para-hydroxylation sites is 4. The van der Waals surface area contributed by atoms with E-state index in [1.807, 2.05) is 57.2 Å². The van der Waals surface area contributed by atoms with Crippen molar-refractivity contribution < 1.29 is 20.1 Å². The molecule has 0 bridgehead atoms. The first-order valence-electron chi connectivity index (χ1n) is 10.3. The number of benzene rings is 4. The number of hydrogen-bond donors (Lipinski definition) is 3. The van der Waals surface area contributed by atoms with Gasteiger partial charge in [-0.1, -0.05) is 42.5 Å². The van der Waals surface area contributed by atoms with Crippen LogP contribution < -0.4 is 9.64 Å². The lowest BCUT2D eigenvalue weighted by Gasteiger charge is -2.30. The number of phenols is 3. The van der Waals surface area contributed by atoms with Crippen LogP contribution in [0.5, 0.6) is 28.7 Å². The Kier molecular flexibility index (Phi) is 5.65. The average Bonchev–Trinajstić information content (AvgIpc) is 2.75. The van der Waals surface area contributed by atoms with E-state index in [0.29, 0.717) is 28.6 Å². The van der Waals surface area contributed by atoms with Gasteiger partial charge in [-0.3, -0.25) is 4.90 Å². The third-order valence-electron chi connectivity index (χ3n) is 5.39. The maximum atomic E-state index is 10.8. The molecule has 0 radical (unpaired) electrons. The predicted octanol–water partition coefficient (Wildman–Crippen LogP) is 6.99. The van der Waals surface area contributed by atoms with Crippen LogP contribution in [0, 0.1) is 20.8 Å². The smallest absolute Gasteiger partial charge is 0.151 e. The summed E-state index contributed by atoms with van der Waals surface area (Å²) in [6.07, 6.45) is 0. The summed E-state index contributed by atoms with van der Waals surface area (Å²) < 4.78 is 6.16. The third-order valence-corrected chi connectivity index (χ3v) is 5.39. The monoisotopic (exact) mass is 427 g/mol. The summed E-state index contributed by atoms with van der Waals surface area (Å²) in [5.41, 5.74) is 4.12. The van der Waals surface area contributed by atoms with Crippen molar-refractivity contribution in [2.24, 2.45) is 0 Å². The van der Waals surface area contributed by atoms with Gasteiger partial charge in [0.2, 0.25) is 0 Å². The van der Waals surface area contributed by atoms with E-state index in [9.17, 15) is 15.3 Å². The van der Waals surface area contributed by atoms with Crippen molar-refractivity contribution in [1.29, 1.82) is 0 Å². The van der Waals surface area contributed by atoms with Crippen LogP contribution in [0.1, 0.15) is 16.7 Å². The summed E-state index contributed by atoms with van der Waals surface area (Å²) in [6, 6.07) is 23.1. The van der Waals surface area contributed by atoms with Gasteiger partial charge in [-0.05, 0) is 67.8 Å². The number of ether oxygens (including phenoxy) is 1. The van der Waals surface area contributed by atoms with Crippen molar-refractivity contribution in [3.63, 3.8) is 0 Å². The number of phenolic OH excluding ortho intramolecular Hbond substituents is 3. The fraction of sp³-hybridized carbons (Fsp3) is 0.111. The molecular formula is C27H25NO4. The second kappa shape index (κ2) is 8.55. The molecule has 5 nitrogen and oxygen atoms in total. The minimum atomic E-state index is 0.0791. The Morgan fingerprint density at radius 2 is 1.19 bits per heavy atom. The molecule has 3 N–H and O–H groups in total. The van der Waals surface area contributed by atoms with E-state index in [1.54, 1.807) is 47.4 Å². The summed E-state index contributed by atoms with van der Waals surface area (Å²) in [4.78, 5) is 1.80. The van der Waals surface area contributed by atoms with Crippen molar-refractivity contribution in [2.75, 3.05) is 4.90 Å². The van der Waals surface area contributed by atoms with E-state index in [0.717, 1.165) is 16.7 Å². The zero-order valence-corrected chi connectivity index (χ0v) is 18.2. The van der Waals surface area contributed by atoms with Crippen molar-refractivity contribution in [2.45, 2.75) is 20.8 Å². The van der Waals surface area contributed by atoms with Gasteiger partial charge in [-0.15, -0.1) is 0 Å². The molecule has 0 fully saturated rings. The van der Waals surface area contributed by atoms with Gasteiger partial charge in [0, 0.05) is 6.07 Å². The SMILES string of the molecule is Cc1ccc(Oc2ccccc2N(c2c(C)cccc2O)c2c(C)cccc2O)cc1O.